The van der Waals surface area contributed by atoms with E-state index in [1.54, 1.807) is 0 Å². The molecule has 3 rings (SSSR count). The molecule has 0 bridgehead atoms. The molecule has 2 atom stereocenters. The highest BCUT2D eigenvalue weighted by Gasteiger charge is 2.19. The molecule has 0 saturated carbocycles. The van der Waals surface area contributed by atoms with Gasteiger partial charge in [0, 0.05) is 0 Å². The van der Waals surface area contributed by atoms with E-state index in [9.17, 15) is 5.11 Å². The Balaban J connectivity index is 1.78. The Morgan fingerprint density at radius 1 is 1.17 bits per heavy atom. The van der Waals surface area contributed by atoms with Crippen molar-refractivity contribution in [1.82, 2.24) is 0 Å². The first kappa shape index (κ1) is 11.8. The number of allylic oxidation sites excluding steroid dienone is 1. The van der Waals surface area contributed by atoms with Crippen LogP contribution in [0.3, 0.4) is 0 Å². The number of hydrogen-bond donors (Lipinski definition) is 1. The summed E-state index contributed by atoms with van der Waals surface area (Å²) in [4.78, 5) is 0. The Morgan fingerprint density at radius 3 is 2.94 bits per heavy atom. The predicted molar refractivity (Wildman–Crippen MR) is 71.7 cm³/mol. The van der Waals surface area contributed by atoms with Crippen LogP contribution in [-0.2, 0) is 6.42 Å². The van der Waals surface area contributed by atoms with Crippen LogP contribution in [0.15, 0.2) is 30.4 Å². The maximum Gasteiger partial charge on any atom is 0.120 e. The first-order chi connectivity index (χ1) is 8.83. The van der Waals surface area contributed by atoms with Crippen molar-refractivity contribution in [3.05, 3.63) is 41.5 Å². The minimum atomic E-state index is -0.306. The van der Waals surface area contributed by atoms with Crippen LogP contribution in [0.4, 0.5) is 0 Å². The van der Waals surface area contributed by atoms with Crippen LogP contribution in [0.1, 0.15) is 49.3 Å². The normalized spacial score (nSPS) is 26.7. The summed E-state index contributed by atoms with van der Waals surface area (Å²) in [7, 11) is 0. The van der Waals surface area contributed by atoms with Gasteiger partial charge in [0.25, 0.3) is 0 Å². The van der Waals surface area contributed by atoms with Crippen molar-refractivity contribution in [3.8, 4) is 5.75 Å². The van der Waals surface area contributed by atoms with Crippen LogP contribution in [0.2, 0.25) is 0 Å². The molecule has 1 aromatic rings. The Labute approximate surface area is 108 Å². The van der Waals surface area contributed by atoms with Gasteiger partial charge in [0.05, 0.1) is 6.10 Å². The van der Waals surface area contributed by atoms with Gasteiger partial charge in [-0.05, 0) is 67.9 Å². The Bertz CT molecular complexity index is 450. The third-order valence-electron chi connectivity index (χ3n) is 3.90. The molecule has 0 aliphatic heterocycles. The number of aliphatic hydroxyl groups excluding tert-OH is 1. The molecule has 96 valence electrons. The molecular weight excluding hydrogens is 224 g/mol. The van der Waals surface area contributed by atoms with Gasteiger partial charge in [0.1, 0.15) is 11.9 Å². The first-order valence-electron chi connectivity index (χ1n) is 6.97. The van der Waals surface area contributed by atoms with E-state index in [-0.39, 0.29) is 12.2 Å². The largest absolute Gasteiger partial charge is 0.486 e. The molecule has 2 aliphatic rings. The van der Waals surface area contributed by atoms with Gasteiger partial charge in [-0.15, -0.1) is 0 Å². The van der Waals surface area contributed by atoms with Crippen molar-refractivity contribution < 1.29 is 9.84 Å². The Morgan fingerprint density at radius 2 is 2.11 bits per heavy atom. The standard InChI is InChI=1S/C16H20O2/c17-16-8-4-5-12-9-10-14(11-15(12)16)18-13-6-2-1-3-7-13/h2,6,9-11,13,16-17H,1,3-5,7-8H2/t13?,16-/m1/s1. The van der Waals surface area contributed by atoms with Crippen LogP contribution >= 0.6 is 0 Å². The molecule has 2 heteroatoms. The van der Waals surface area contributed by atoms with Crippen molar-refractivity contribution in [1.29, 1.82) is 0 Å². The van der Waals surface area contributed by atoms with Gasteiger partial charge in [-0.3, -0.25) is 0 Å². The van der Waals surface area contributed by atoms with E-state index >= 15 is 0 Å². The van der Waals surface area contributed by atoms with Crippen molar-refractivity contribution in [3.63, 3.8) is 0 Å². The molecule has 0 radical (unpaired) electrons. The Hall–Kier alpha value is -1.28. The summed E-state index contributed by atoms with van der Waals surface area (Å²) < 4.78 is 5.97. The third kappa shape index (κ3) is 2.44. The van der Waals surface area contributed by atoms with E-state index in [0.717, 1.165) is 37.0 Å². The fraction of sp³-hybridized carbons (Fsp3) is 0.500. The third-order valence-corrected chi connectivity index (χ3v) is 3.90. The number of fused-ring (bicyclic) bond motifs is 1. The second-order valence-electron chi connectivity index (χ2n) is 5.28. The highest BCUT2D eigenvalue weighted by atomic mass is 16.5. The smallest absolute Gasteiger partial charge is 0.120 e. The SMILES string of the molecule is O[C@@H]1CCCc2ccc(OC3C=CCCC3)cc21. The molecule has 0 fully saturated rings. The monoisotopic (exact) mass is 244 g/mol. The summed E-state index contributed by atoms with van der Waals surface area (Å²) in [6, 6.07) is 6.18. The van der Waals surface area contributed by atoms with E-state index in [2.05, 4.69) is 18.2 Å². The lowest BCUT2D eigenvalue weighted by molar-refractivity contribution is 0.155. The molecule has 0 amide bonds. The van der Waals surface area contributed by atoms with Crippen LogP contribution in [0.25, 0.3) is 0 Å². The maximum absolute atomic E-state index is 10.0. The quantitative estimate of drug-likeness (QED) is 0.806. The zero-order valence-corrected chi connectivity index (χ0v) is 10.6. The van der Waals surface area contributed by atoms with Crippen LogP contribution < -0.4 is 4.74 Å². The van der Waals surface area contributed by atoms with Gasteiger partial charge in [-0.1, -0.05) is 12.1 Å². The lowest BCUT2D eigenvalue weighted by Gasteiger charge is -2.24. The lowest BCUT2D eigenvalue weighted by atomic mass is 9.89. The van der Waals surface area contributed by atoms with E-state index < -0.39 is 0 Å². The minimum absolute atomic E-state index is 0.206. The van der Waals surface area contributed by atoms with Crippen molar-refractivity contribution in [2.75, 3.05) is 0 Å². The van der Waals surface area contributed by atoms with Crippen LogP contribution in [0, 0.1) is 0 Å². The highest BCUT2D eigenvalue weighted by molar-refractivity contribution is 5.38. The zero-order chi connectivity index (χ0) is 12.4. The zero-order valence-electron chi connectivity index (χ0n) is 10.6. The Kier molecular flexibility index (Phi) is 3.37. The number of hydrogen-bond acceptors (Lipinski definition) is 2. The second-order valence-corrected chi connectivity index (χ2v) is 5.28. The number of benzene rings is 1. The summed E-state index contributed by atoms with van der Waals surface area (Å²) in [5.41, 5.74) is 2.35. The van der Waals surface area contributed by atoms with E-state index in [1.165, 1.54) is 18.4 Å². The second kappa shape index (κ2) is 5.15. The van der Waals surface area contributed by atoms with Crippen molar-refractivity contribution >= 4 is 0 Å². The van der Waals surface area contributed by atoms with Gasteiger partial charge in [-0.25, -0.2) is 0 Å². The van der Waals surface area contributed by atoms with E-state index in [1.807, 2.05) is 12.1 Å². The van der Waals surface area contributed by atoms with Gasteiger partial charge < -0.3 is 9.84 Å². The fourth-order valence-electron chi connectivity index (χ4n) is 2.88. The molecule has 0 aromatic heterocycles. The minimum Gasteiger partial charge on any atom is -0.486 e. The van der Waals surface area contributed by atoms with Crippen LogP contribution in [0.5, 0.6) is 5.75 Å². The summed E-state index contributed by atoms with van der Waals surface area (Å²) in [5, 5.41) is 10.0. The van der Waals surface area contributed by atoms with Gasteiger partial charge in [0.2, 0.25) is 0 Å². The van der Waals surface area contributed by atoms with Crippen LogP contribution in [-0.4, -0.2) is 11.2 Å². The molecular formula is C16H20O2. The average Bonchev–Trinajstić information content (AvgIpc) is 2.41. The fourth-order valence-corrected chi connectivity index (χ4v) is 2.88. The maximum atomic E-state index is 10.0. The number of rotatable bonds is 2. The topological polar surface area (TPSA) is 29.5 Å². The predicted octanol–water partition coefficient (Wildman–Crippen LogP) is 3.54. The number of aliphatic hydroxyl groups is 1. The van der Waals surface area contributed by atoms with Crippen molar-refractivity contribution in [2.24, 2.45) is 0 Å². The van der Waals surface area contributed by atoms with E-state index in [4.69, 9.17) is 4.74 Å². The highest BCUT2D eigenvalue weighted by Crippen LogP contribution is 2.32. The first-order valence-corrected chi connectivity index (χ1v) is 6.97. The molecule has 0 saturated heterocycles. The molecule has 2 aliphatic carbocycles. The molecule has 2 nitrogen and oxygen atoms in total. The van der Waals surface area contributed by atoms with Gasteiger partial charge >= 0.3 is 0 Å². The lowest BCUT2D eigenvalue weighted by Crippen LogP contribution is -2.16. The summed E-state index contributed by atoms with van der Waals surface area (Å²) in [5.74, 6) is 0.895. The average molecular weight is 244 g/mol. The molecule has 1 aromatic carbocycles. The van der Waals surface area contributed by atoms with E-state index in [0.29, 0.717) is 0 Å². The molecule has 18 heavy (non-hydrogen) atoms. The molecule has 1 unspecified atom stereocenters. The summed E-state index contributed by atoms with van der Waals surface area (Å²) >= 11 is 0. The number of aryl methyl sites for hydroxylation is 1. The summed E-state index contributed by atoms with van der Waals surface area (Å²) in [6.07, 6.45) is 10.8. The van der Waals surface area contributed by atoms with Crippen molar-refractivity contribution in [2.45, 2.75) is 50.7 Å². The van der Waals surface area contributed by atoms with Gasteiger partial charge in [-0.2, -0.15) is 0 Å². The molecule has 0 heterocycles. The summed E-state index contributed by atoms with van der Waals surface area (Å²) in [6.45, 7) is 0. The molecule has 1 N–H and O–H groups in total. The van der Waals surface area contributed by atoms with Gasteiger partial charge in [0.15, 0.2) is 0 Å². The molecule has 0 spiro atoms. The number of ether oxygens (including phenoxy) is 1.